The van der Waals surface area contributed by atoms with Crippen LogP contribution < -0.4 is 0 Å². The molecule has 1 unspecified atom stereocenters. The summed E-state index contributed by atoms with van der Waals surface area (Å²) in [6, 6.07) is 10.8. The minimum Gasteiger partial charge on any atom is -0.387 e. The number of aliphatic hydroxyl groups is 1. The van der Waals surface area contributed by atoms with Gasteiger partial charge in [0.15, 0.2) is 5.78 Å². The minimum absolute atomic E-state index is 0.158. The topological polar surface area (TPSA) is 78.9 Å². The van der Waals surface area contributed by atoms with E-state index in [1.807, 2.05) is 24.3 Å². The summed E-state index contributed by atoms with van der Waals surface area (Å²) in [6.07, 6.45) is 1.17. The number of fused-ring (bicyclic) bond motifs is 1. The number of halogens is 1. The maximum atomic E-state index is 12.1. The van der Waals surface area contributed by atoms with Crippen LogP contribution in [0.5, 0.6) is 0 Å². The van der Waals surface area contributed by atoms with Crippen LogP contribution in [0.3, 0.4) is 0 Å². The van der Waals surface area contributed by atoms with Crippen LogP contribution in [0.4, 0.5) is 0 Å². The number of carbonyl (C=O) groups is 1. The highest BCUT2D eigenvalue weighted by Crippen LogP contribution is 2.25. The standard InChI is InChI=1S/C16H14ClN3O2/c17-11-5-3-9-18-16(11)14(22)8-7-13(21)15-10-4-1-2-6-12(10)19-20-15/h1-6,9,13,21H,7-8H2,(H,19,20). The van der Waals surface area contributed by atoms with Crippen LogP contribution >= 0.6 is 11.6 Å². The van der Waals surface area contributed by atoms with Crippen molar-refractivity contribution >= 4 is 28.3 Å². The Hall–Kier alpha value is -2.24. The largest absolute Gasteiger partial charge is 0.387 e. The number of aromatic nitrogens is 3. The van der Waals surface area contributed by atoms with Gasteiger partial charge in [-0.1, -0.05) is 29.8 Å². The van der Waals surface area contributed by atoms with Crippen LogP contribution in [0.25, 0.3) is 10.9 Å². The lowest BCUT2D eigenvalue weighted by molar-refractivity contribution is 0.0934. The maximum Gasteiger partial charge on any atom is 0.182 e. The molecule has 2 aromatic heterocycles. The normalized spacial score (nSPS) is 12.5. The zero-order valence-corrected chi connectivity index (χ0v) is 12.4. The molecular formula is C16H14ClN3O2. The lowest BCUT2D eigenvalue weighted by Gasteiger charge is -2.09. The molecule has 112 valence electrons. The Bertz CT molecular complexity index is 816. The number of Topliss-reactive ketones (excluding diaryl/α,β-unsaturated/α-hetero) is 1. The van der Waals surface area contributed by atoms with E-state index >= 15 is 0 Å². The minimum atomic E-state index is -0.793. The number of nitrogens with one attached hydrogen (secondary N) is 1. The van der Waals surface area contributed by atoms with Gasteiger partial charge in [-0.2, -0.15) is 5.10 Å². The van der Waals surface area contributed by atoms with Gasteiger partial charge in [0, 0.05) is 18.0 Å². The van der Waals surface area contributed by atoms with Gasteiger partial charge in [-0.15, -0.1) is 0 Å². The van der Waals surface area contributed by atoms with Gasteiger partial charge >= 0.3 is 0 Å². The quantitative estimate of drug-likeness (QED) is 0.708. The number of para-hydroxylation sites is 1. The number of benzene rings is 1. The van der Waals surface area contributed by atoms with Crippen LogP contribution in [0.2, 0.25) is 5.02 Å². The molecule has 1 aromatic carbocycles. The van der Waals surface area contributed by atoms with E-state index in [2.05, 4.69) is 15.2 Å². The number of hydrogen-bond acceptors (Lipinski definition) is 4. The van der Waals surface area contributed by atoms with Crippen LogP contribution in [0.15, 0.2) is 42.6 Å². The van der Waals surface area contributed by atoms with Gasteiger partial charge in [-0.3, -0.25) is 14.9 Å². The highest BCUT2D eigenvalue weighted by Gasteiger charge is 2.18. The molecule has 6 heteroatoms. The van der Waals surface area contributed by atoms with E-state index in [-0.39, 0.29) is 24.3 Å². The Labute approximate surface area is 132 Å². The first-order valence-electron chi connectivity index (χ1n) is 6.91. The molecule has 0 amide bonds. The third-order valence-corrected chi connectivity index (χ3v) is 3.80. The fourth-order valence-corrected chi connectivity index (χ4v) is 2.58. The molecule has 0 aliphatic heterocycles. The predicted octanol–water partition coefficient (Wildman–Crippen LogP) is 3.31. The molecule has 2 heterocycles. The first-order valence-corrected chi connectivity index (χ1v) is 7.29. The van der Waals surface area contributed by atoms with Crippen molar-refractivity contribution in [3.05, 3.63) is 59.0 Å². The van der Waals surface area contributed by atoms with Crippen molar-refractivity contribution in [3.63, 3.8) is 0 Å². The van der Waals surface area contributed by atoms with Gasteiger partial charge in [0.25, 0.3) is 0 Å². The zero-order chi connectivity index (χ0) is 15.5. The van der Waals surface area contributed by atoms with Crippen molar-refractivity contribution in [1.29, 1.82) is 0 Å². The second kappa shape index (κ2) is 6.25. The summed E-state index contributed by atoms with van der Waals surface area (Å²) in [5.41, 5.74) is 1.65. The molecule has 3 rings (SSSR count). The monoisotopic (exact) mass is 315 g/mol. The Balaban J connectivity index is 1.71. The molecule has 22 heavy (non-hydrogen) atoms. The Morgan fingerprint density at radius 3 is 2.91 bits per heavy atom. The molecule has 0 saturated heterocycles. The van der Waals surface area contributed by atoms with E-state index in [0.29, 0.717) is 10.7 Å². The number of aliphatic hydroxyl groups excluding tert-OH is 1. The third kappa shape index (κ3) is 2.86. The van der Waals surface area contributed by atoms with Gasteiger partial charge in [-0.25, -0.2) is 0 Å². The lowest BCUT2D eigenvalue weighted by atomic mass is 10.0. The molecule has 0 radical (unpaired) electrons. The van der Waals surface area contributed by atoms with Crippen molar-refractivity contribution < 1.29 is 9.90 Å². The van der Waals surface area contributed by atoms with Crippen LogP contribution in [0, 0.1) is 0 Å². The van der Waals surface area contributed by atoms with E-state index in [1.165, 1.54) is 6.20 Å². The Morgan fingerprint density at radius 1 is 1.27 bits per heavy atom. The van der Waals surface area contributed by atoms with Crippen molar-refractivity contribution in [2.45, 2.75) is 18.9 Å². The van der Waals surface area contributed by atoms with E-state index in [4.69, 9.17) is 11.6 Å². The second-order valence-corrected chi connectivity index (χ2v) is 5.37. The summed E-state index contributed by atoms with van der Waals surface area (Å²) < 4.78 is 0. The van der Waals surface area contributed by atoms with Crippen LogP contribution in [-0.4, -0.2) is 26.1 Å². The van der Waals surface area contributed by atoms with Crippen molar-refractivity contribution in [1.82, 2.24) is 15.2 Å². The highest BCUT2D eigenvalue weighted by molar-refractivity contribution is 6.33. The number of hydrogen-bond donors (Lipinski definition) is 2. The number of pyridine rings is 1. The molecule has 0 bridgehead atoms. The summed E-state index contributed by atoms with van der Waals surface area (Å²) in [7, 11) is 0. The van der Waals surface area contributed by atoms with E-state index < -0.39 is 6.10 Å². The average molecular weight is 316 g/mol. The van der Waals surface area contributed by atoms with E-state index in [0.717, 1.165) is 10.9 Å². The number of rotatable bonds is 5. The Morgan fingerprint density at radius 2 is 2.09 bits per heavy atom. The molecule has 1 atom stereocenters. The number of carbonyl (C=O) groups excluding carboxylic acids is 1. The van der Waals surface area contributed by atoms with E-state index in [9.17, 15) is 9.90 Å². The first kappa shape index (κ1) is 14.7. The van der Waals surface area contributed by atoms with Crippen LogP contribution in [0.1, 0.15) is 35.1 Å². The van der Waals surface area contributed by atoms with Gasteiger partial charge in [0.05, 0.1) is 22.3 Å². The molecule has 0 aliphatic rings. The second-order valence-electron chi connectivity index (χ2n) is 4.97. The van der Waals surface area contributed by atoms with Gasteiger partial charge in [-0.05, 0) is 24.6 Å². The third-order valence-electron chi connectivity index (χ3n) is 3.49. The number of nitrogens with zero attached hydrogens (tertiary/aromatic N) is 2. The number of aromatic amines is 1. The number of ketones is 1. The fourth-order valence-electron chi connectivity index (χ4n) is 2.35. The highest BCUT2D eigenvalue weighted by atomic mass is 35.5. The predicted molar refractivity (Wildman–Crippen MR) is 83.9 cm³/mol. The Kier molecular flexibility index (Phi) is 4.18. The molecule has 0 aliphatic carbocycles. The summed E-state index contributed by atoms with van der Waals surface area (Å²) in [6.45, 7) is 0. The maximum absolute atomic E-state index is 12.1. The summed E-state index contributed by atoms with van der Waals surface area (Å²) in [5, 5.41) is 18.5. The molecule has 0 spiro atoms. The van der Waals surface area contributed by atoms with E-state index in [1.54, 1.807) is 12.1 Å². The van der Waals surface area contributed by atoms with Crippen LogP contribution in [-0.2, 0) is 0 Å². The molecule has 3 aromatic rings. The first-order chi connectivity index (χ1) is 10.7. The molecule has 5 nitrogen and oxygen atoms in total. The summed E-state index contributed by atoms with van der Waals surface area (Å²) in [5.74, 6) is -0.187. The SMILES string of the molecule is O=C(CCC(O)c1[nH]nc2ccccc12)c1ncccc1Cl. The lowest BCUT2D eigenvalue weighted by Crippen LogP contribution is -2.07. The smallest absolute Gasteiger partial charge is 0.182 e. The summed E-state index contributed by atoms with van der Waals surface area (Å²) >= 11 is 5.95. The molecule has 2 N–H and O–H groups in total. The zero-order valence-electron chi connectivity index (χ0n) is 11.7. The molecular weight excluding hydrogens is 302 g/mol. The average Bonchev–Trinajstić information content (AvgIpc) is 2.97. The number of H-pyrrole nitrogens is 1. The van der Waals surface area contributed by atoms with Gasteiger partial charge < -0.3 is 5.11 Å². The van der Waals surface area contributed by atoms with Gasteiger partial charge in [0.2, 0.25) is 0 Å². The summed E-state index contributed by atoms with van der Waals surface area (Å²) in [4.78, 5) is 16.1. The van der Waals surface area contributed by atoms with Crippen molar-refractivity contribution in [2.75, 3.05) is 0 Å². The fraction of sp³-hybridized carbons (Fsp3) is 0.188. The van der Waals surface area contributed by atoms with Crippen molar-refractivity contribution in [3.8, 4) is 0 Å². The van der Waals surface area contributed by atoms with Crippen molar-refractivity contribution in [2.24, 2.45) is 0 Å². The molecule has 0 fully saturated rings. The molecule has 0 saturated carbocycles. The van der Waals surface area contributed by atoms with Gasteiger partial charge in [0.1, 0.15) is 5.69 Å².